The molecule has 0 radical (unpaired) electrons. The Bertz CT molecular complexity index is 774. The Morgan fingerprint density at radius 3 is 2.45 bits per heavy atom. The normalized spacial score (nSPS) is 32.3. The first kappa shape index (κ1) is 24.3. The number of hydrogen-bond donors (Lipinski definition) is 1. The van der Waals surface area contributed by atoms with E-state index in [2.05, 4.69) is 5.43 Å². The average molecular weight is 459 g/mol. The van der Waals surface area contributed by atoms with Crippen molar-refractivity contribution in [3.05, 3.63) is 0 Å². The largest absolute Gasteiger partial charge is 0.447 e. The van der Waals surface area contributed by atoms with Gasteiger partial charge < -0.3 is 14.5 Å². The van der Waals surface area contributed by atoms with Crippen LogP contribution >= 0.6 is 0 Å². The van der Waals surface area contributed by atoms with Crippen LogP contribution in [0.1, 0.15) is 47.0 Å². The quantitative estimate of drug-likeness (QED) is 0.659. The molecule has 1 saturated carbocycles. The molecule has 0 bridgehead atoms. The van der Waals surface area contributed by atoms with E-state index in [1.54, 1.807) is 6.92 Å². The molecule has 0 spiro atoms. The van der Waals surface area contributed by atoms with Gasteiger partial charge in [0, 0.05) is 45.4 Å². The van der Waals surface area contributed by atoms with E-state index in [4.69, 9.17) is 4.74 Å². The van der Waals surface area contributed by atoms with E-state index in [-0.39, 0.29) is 42.0 Å². The van der Waals surface area contributed by atoms with Crippen molar-refractivity contribution in [3.63, 3.8) is 0 Å². The average Bonchev–Trinajstić information content (AvgIpc) is 3.13. The second-order valence-electron chi connectivity index (χ2n) is 9.77. The third-order valence-electron chi connectivity index (χ3n) is 6.88. The number of carbonyl (C=O) groups is 2. The zero-order valence-corrected chi connectivity index (χ0v) is 20.2. The van der Waals surface area contributed by atoms with Crippen LogP contribution in [0.2, 0.25) is 0 Å². The summed E-state index contributed by atoms with van der Waals surface area (Å²) in [6, 6.07) is -0.0577. The molecule has 5 atom stereocenters. The molecule has 0 aromatic heterocycles. The molecule has 10 heteroatoms. The molecule has 0 aromatic rings. The molecule has 3 fully saturated rings. The summed E-state index contributed by atoms with van der Waals surface area (Å²) >= 11 is 0. The van der Waals surface area contributed by atoms with Gasteiger partial charge in [0.15, 0.2) is 0 Å². The number of hydrazine groups is 1. The van der Waals surface area contributed by atoms with Crippen LogP contribution in [-0.2, 0) is 19.4 Å². The molecule has 1 N–H and O–H groups in total. The Labute approximate surface area is 186 Å². The van der Waals surface area contributed by atoms with Gasteiger partial charge in [0.05, 0.1) is 23.9 Å². The van der Waals surface area contributed by atoms with Gasteiger partial charge in [0.1, 0.15) is 9.84 Å². The van der Waals surface area contributed by atoms with Gasteiger partial charge in [0.25, 0.3) is 0 Å². The van der Waals surface area contributed by atoms with Crippen LogP contribution in [0, 0.1) is 11.8 Å². The van der Waals surface area contributed by atoms with Crippen LogP contribution in [0.5, 0.6) is 0 Å². The zero-order chi connectivity index (χ0) is 22.9. The van der Waals surface area contributed by atoms with E-state index in [1.807, 2.05) is 35.6 Å². The Kier molecular flexibility index (Phi) is 7.53. The van der Waals surface area contributed by atoms with Crippen molar-refractivity contribution in [1.29, 1.82) is 0 Å². The molecule has 9 nitrogen and oxygen atoms in total. The highest BCUT2D eigenvalue weighted by Crippen LogP contribution is 2.39. The van der Waals surface area contributed by atoms with Crippen molar-refractivity contribution in [3.8, 4) is 0 Å². The monoisotopic (exact) mass is 458 g/mol. The van der Waals surface area contributed by atoms with Crippen LogP contribution in [0.3, 0.4) is 0 Å². The summed E-state index contributed by atoms with van der Waals surface area (Å²) in [6.45, 7) is 9.91. The number of amides is 2. The van der Waals surface area contributed by atoms with Crippen LogP contribution < -0.4 is 5.43 Å². The maximum atomic E-state index is 12.9. The molecule has 178 valence electrons. The molecule has 3 aliphatic rings. The van der Waals surface area contributed by atoms with E-state index in [1.165, 1.54) is 6.26 Å². The maximum Gasteiger partial charge on any atom is 0.410 e. The van der Waals surface area contributed by atoms with Crippen molar-refractivity contribution in [2.45, 2.75) is 71.2 Å². The standard InChI is InChI=1S/C21H38N4O5S/c1-14(2)30-21(27)24-12-15(3)25(16(4)26)19-7-6-17(10-20(19)24)18-11-22-23(13-18)8-9-31(5,28)29/h14-15,17-20,22H,6-13H2,1-5H3/t15-,17?,18?,19?,20?/m0/s1. The lowest BCUT2D eigenvalue weighted by Gasteiger charge is -2.54. The number of carbonyl (C=O) groups excluding carboxylic acids is 2. The minimum absolute atomic E-state index is 0.0212. The fourth-order valence-electron chi connectivity index (χ4n) is 5.53. The summed E-state index contributed by atoms with van der Waals surface area (Å²) in [6.07, 6.45) is 3.48. The van der Waals surface area contributed by atoms with Crippen molar-refractivity contribution in [2.24, 2.45) is 11.8 Å². The van der Waals surface area contributed by atoms with Crippen molar-refractivity contribution in [1.82, 2.24) is 20.2 Å². The molecular formula is C21H38N4O5S. The van der Waals surface area contributed by atoms with Gasteiger partial charge in [-0.15, -0.1) is 0 Å². The van der Waals surface area contributed by atoms with E-state index in [9.17, 15) is 18.0 Å². The fraction of sp³-hybridized carbons (Fsp3) is 0.905. The van der Waals surface area contributed by atoms with Gasteiger partial charge in [-0.1, -0.05) is 0 Å². The summed E-state index contributed by atoms with van der Waals surface area (Å²) < 4.78 is 28.5. The number of sulfone groups is 1. The first-order valence-electron chi connectivity index (χ1n) is 11.4. The Morgan fingerprint density at radius 1 is 1.13 bits per heavy atom. The number of hydrogen-bond acceptors (Lipinski definition) is 7. The van der Waals surface area contributed by atoms with Crippen molar-refractivity contribution < 1.29 is 22.7 Å². The van der Waals surface area contributed by atoms with Crippen LogP contribution in [0.4, 0.5) is 4.79 Å². The smallest absolute Gasteiger partial charge is 0.410 e. The molecule has 31 heavy (non-hydrogen) atoms. The Balaban J connectivity index is 1.70. The van der Waals surface area contributed by atoms with Crippen molar-refractivity contribution >= 4 is 21.8 Å². The second-order valence-corrected chi connectivity index (χ2v) is 12.0. The highest BCUT2D eigenvalue weighted by atomic mass is 32.2. The lowest BCUT2D eigenvalue weighted by molar-refractivity contribution is -0.142. The molecule has 3 rings (SSSR count). The zero-order valence-electron chi connectivity index (χ0n) is 19.4. The predicted molar refractivity (Wildman–Crippen MR) is 118 cm³/mol. The maximum absolute atomic E-state index is 12.9. The third-order valence-corrected chi connectivity index (χ3v) is 7.80. The summed E-state index contributed by atoms with van der Waals surface area (Å²) in [5.41, 5.74) is 3.34. The minimum Gasteiger partial charge on any atom is -0.447 e. The number of piperazine rings is 1. The number of ether oxygens (including phenoxy) is 1. The molecule has 2 saturated heterocycles. The van der Waals surface area contributed by atoms with Crippen molar-refractivity contribution in [2.75, 3.05) is 38.2 Å². The minimum atomic E-state index is -2.99. The number of rotatable bonds is 5. The molecule has 2 heterocycles. The lowest BCUT2D eigenvalue weighted by Crippen LogP contribution is -2.67. The second kappa shape index (κ2) is 9.62. The number of nitrogens with one attached hydrogen (secondary N) is 1. The Hall–Kier alpha value is -1.39. The molecule has 1 aliphatic carbocycles. The predicted octanol–water partition coefficient (Wildman–Crippen LogP) is 1.10. The Morgan fingerprint density at radius 2 is 1.84 bits per heavy atom. The fourth-order valence-corrected chi connectivity index (χ4v) is 6.08. The molecule has 2 amide bonds. The lowest BCUT2D eigenvalue weighted by atomic mass is 9.73. The van der Waals surface area contributed by atoms with E-state index in [0.717, 1.165) is 32.4 Å². The highest BCUT2D eigenvalue weighted by molar-refractivity contribution is 7.90. The van der Waals surface area contributed by atoms with Gasteiger partial charge in [0.2, 0.25) is 5.91 Å². The van der Waals surface area contributed by atoms with Gasteiger partial charge >= 0.3 is 6.09 Å². The van der Waals surface area contributed by atoms with E-state index in [0.29, 0.717) is 24.9 Å². The summed E-state index contributed by atoms with van der Waals surface area (Å²) in [4.78, 5) is 29.1. The summed E-state index contributed by atoms with van der Waals surface area (Å²) in [5, 5.41) is 2.01. The summed E-state index contributed by atoms with van der Waals surface area (Å²) in [7, 11) is -2.99. The molecule has 0 aromatic carbocycles. The van der Waals surface area contributed by atoms with Crippen LogP contribution in [0.25, 0.3) is 0 Å². The molecule has 2 aliphatic heterocycles. The van der Waals surface area contributed by atoms with Gasteiger partial charge in [-0.25, -0.2) is 18.2 Å². The number of fused-ring (bicyclic) bond motifs is 1. The first-order chi connectivity index (χ1) is 14.5. The summed E-state index contributed by atoms with van der Waals surface area (Å²) in [5.74, 6) is 1.01. The van der Waals surface area contributed by atoms with Crippen LogP contribution in [-0.4, -0.2) is 97.6 Å². The SMILES string of the molecule is CC(=O)N1C2CCC(C3CNN(CCS(C)(=O)=O)C3)CC2N(C(=O)OC(C)C)C[C@@H]1C. The van der Waals surface area contributed by atoms with Gasteiger partial charge in [-0.05, 0) is 51.9 Å². The van der Waals surface area contributed by atoms with E-state index < -0.39 is 9.84 Å². The topological polar surface area (TPSA) is 99.3 Å². The number of nitrogens with zero attached hydrogens (tertiary/aromatic N) is 3. The highest BCUT2D eigenvalue weighted by Gasteiger charge is 2.48. The van der Waals surface area contributed by atoms with Crippen LogP contribution in [0.15, 0.2) is 0 Å². The third kappa shape index (κ3) is 5.90. The van der Waals surface area contributed by atoms with Gasteiger partial charge in [-0.3, -0.25) is 10.2 Å². The van der Waals surface area contributed by atoms with E-state index >= 15 is 0 Å². The first-order valence-corrected chi connectivity index (χ1v) is 13.4. The molecular weight excluding hydrogens is 420 g/mol. The van der Waals surface area contributed by atoms with Gasteiger partial charge in [-0.2, -0.15) is 0 Å². The molecule has 4 unspecified atom stereocenters.